The highest BCUT2D eigenvalue weighted by Gasteiger charge is 2.47. The average Bonchev–Trinajstić information content (AvgIpc) is 3.32. The van der Waals surface area contributed by atoms with Crippen LogP contribution in [0.3, 0.4) is 0 Å². The molecule has 0 spiro atoms. The van der Waals surface area contributed by atoms with Crippen LogP contribution < -0.4 is 26.2 Å². The molecule has 5 amide bonds. The van der Waals surface area contributed by atoms with Crippen molar-refractivity contribution < 1.29 is 33.6 Å². The number of para-hydroxylation sites is 1. The molecular formula is C31H44N6O7. The number of Topliss-reactive ketones (excluding diaryl/α,β-unsaturated/α-hetero) is 2. The normalized spacial score (nSPS) is 19.5. The summed E-state index contributed by atoms with van der Waals surface area (Å²) in [4.78, 5) is 93.6. The number of benzene rings is 1. The third kappa shape index (κ3) is 6.98. The standard InChI is InChI=1S/C31H44N6O7/c1-9-23(38)25(39)31(5,6)35-28(42)22-15-20-12-10-11-19-13-14-21(30(44)37(22)24(19)20)36(8)29(43)18(4)34-27(41)17(3)33-26(40)16(2)32-7/h10-12,16-18,21-22,32H,9,13-15H2,1-8H3,(H,33,40)(H,34,41)(H,35,42)/t16-,17-,18-,21?,22-/m0/s1. The Morgan fingerprint density at radius 2 is 1.57 bits per heavy atom. The molecule has 13 nitrogen and oxygen atoms in total. The number of aryl methyl sites for hydroxylation is 1. The molecule has 44 heavy (non-hydrogen) atoms. The van der Waals surface area contributed by atoms with Gasteiger partial charge in [0.05, 0.1) is 11.7 Å². The molecule has 0 saturated carbocycles. The lowest BCUT2D eigenvalue weighted by atomic mass is 9.94. The highest BCUT2D eigenvalue weighted by atomic mass is 16.2. The van der Waals surface area contributed by atoms with E-state index < -0.39 is 70.9 Å². The molecular weight excluding hydrogens is 568 g/mol. The Kier molecular flexibility index (Phi) is 10.7. The molecule has 0 aromatic heterocycles. The fourth-order valence-electron chi connectivity index (χ4n) is 5.54. The predicted octanol–water partition coefficient (Wildman–Crippen LogP) is -0.222. The molecule has 240 valence electrons. The Morgan fingerprint density at radius 1 is 0.977 bits per heavy atom. The van der Waals surface area contributed by atoms with Gasteiger partial charge in [-0.2, -0.15) is 0 Å². The number of nitrogens with one attached hydrogen (secondary N) is 4. The minimum absolute atomic E-state index is 0.00495. The Morgan fingerprint density at radius 3 is 2.18 bits per heavy atom. The van der Waals surface area contributed by atoms with Crippen molar-refractivity contribution in [3.63, 3.8) is 0 Å². The molecule has 1 aromatic carbocycles. The van der Waals surface area contributed by atoms with Crippen molar-refractivity contribution in [1.82, 2.24) is 26.2 Å². The van der Waals surface area contributed by atoms with Gasteiger partial charge < -0.3 is 26.2 Å². The SMILES string of the molecule is CCC(=O)C(=O)C(C)(C)NC(=O)[C@@H]1Cc2cccc3c2N1C(=O)C(N(C)C(=O)[C@H](C)NC(=O)[C@H](C)NC(=O)[C@H](C)NC)CC3. The second kappa shape index (κ2) is 13.7. The summed E-state index contributed by atoms with van der Waals surface area (Å²) in [5, 5.41) is 10.7. The van der Waals surface area contributed by atoms with Crippen LogP contribution in [-0.4, -0.2) is 95.8 Å². The number of likely N-dealkylation sites (N-methyl/N-ethyl adjacent to an activating group) is 2. The van der Waals surface area contributed by atoms with Gasteiger partial charge in [-0.1, -0.05) is 25.1 Å². The first-order chi connectivity index (χ1) is 20.5. The molecule has 2 aliphatic rings. The van der Waals surface area contributed by atoms with Gasteiger partial charge in [0.1, 0.15) is 29.7 Å². The summed E-state index contributed by atoms with van der Waals surface area (Å²) in [5.41, 5.74) is 0.797. The van der Waals surface area contributed by atoms with Crippen molar-refractivity contribution in [3.05, 3.63) is 29.3 Å². The van der Waals surface area contributed by atoms with E-state index in [1.165, 1.54) is 44.5 Å². The molecule has 2 heterocycles. The van der Waals surface area contributed by atoms with Crippen LogP contribution in [0.25, 0.3) is 0 Å². The lowest BCUT2D eigenvalue weighted by Gasteiger charge is -2.34. The average molecular weight is 613 g/mol. The first kappa shape index (κ1) is 34.4. The van der Waals surface area contributed by atoms with E-state index in [0.717, 1.165) is 11.1 Å². The van der Waals surface area contributed by atoms with Crippen molar-refractivity contribution in [1.29, 1.82) is 0 Å². The van der Waals surface area contributed by atoms with Crippen LogP contribution in [0, 0.1) is 0 Å². The fraction of sp³-hybridized carbons (Fsp3) is 0.581. The highest BCUT2D eigenvalue weighted by molar-refractivity contribution is 6.40. The zero-order valence-electron chi connectivity index (χ0n) is 26.7. The first-order valence-electron chi connectivity index (χ1n) is 14.9. The summed E-state index contributed by atoms with van der Waals surface area (Å²) in [6.07, 6.45) is 0.960. The van der Waals surface area contributed by atoms with Crippen LogP contribution in [0.15, 0.2) is 18.2 Å². The number of ketones is 2. The maximum Gasteiger partial charge on any atom is 0.250 e. The fourth-order valence-corrected chi connectivity index (χ4v) is 5.54. The van der Waals surface area contributed by atoms with Crippen LogP contribution in [0.4, 0.5) is 5.69 Å². The number of carbonyl (C=O) groups is 7. The van der Waals surface area contributed by atoms with E-state index in [0.29, 0.717) is 12.1 Å². The largest absolute Gasteiger partial charge is 0.343 e. The van der Waals surface area contributed by atoms with Crippen molar-refractivity contribution >= 4 is 46.8 Å². The molecule has 1 aromatic rings. The van der Waals surface area contributed by atoms with Crippen molar-refractivity contribution in [2.75, 3.05) is 19.0 Å². The summed E-state index contributed by atoms with van der Waals surface area (Å²) in [6.45, 7) is 9.13. The number of nitrogens with zero attached hydrogens (tertiary/aromatic N) is 2. The first-order valence-corrected chi connectivity index (χ1v) is 14.9. The molecule has 5 atom stereocenters. The van der Waals surface area contributed by atoms with Crippen LogP contribution in [0.1, 0.15) is 65.5 Å². The second-order valence-electron chi connectivity index (χ2n) is 12.0. The molecule has 0 saturated heterocycles. The third-order valence-electron chi connectivity index (χ3n) is 8.38. The molecule has 1 unspecified atom stereocenters. The van der Waals surface area contributed by atoms with Gasteiger partial charge in [-0.15, -0.1) is 0 Å². The number of carbonyl (C=O) groups excluding carboxylic acids is 7. The van der Waals surface area contributed by atoms with Gasteiger partial charge >= 0.3 is 0 Å². The lowest BCUT2D eigenvalue weighted by molar-refractivity contribution is -0.142. The smallest absolute Gasteiger partial charge is 0.250 e. The van der Waals surface area contributed by atoms with E-state index in [1.54, 1.807) is 20.9 Å². The molecule has 0 fully saturated rings. The molecule has 4 N–H and O–H groups in total. The lowest BCUT2D eigenvalue weighted by Crippen LogP contribution is -2.60. The highest BCUT2D eigenvalue weighted by Crippen LogP contribution is 2.40. The van der Waals surface area contributed by atoms with Crippen LogP contribution in [-0.2, 0) is 46.4 Å². The maximum atomic E-state index is 14.1. The minimum Gasteiger partial charge on any atom is -0.343 e. The number of hydrogen-bond acceptors (Lipinski definition) is 8. The molecule has 0 radical (unpaired) electrons. The van der Waals surface area contributed by atoms with Gasteiger partial charge in [-0.25, -0.2) is 0 Å². The Balaban J connectivity index is 1.80. The molecule has 3 rings (SSSR count). The molecule has 0 aliphatic carbocycles. The quantitative estimate of drug-likeness (QED) is 0.234. The van der Waals surface area contributed by atoms with E-state index in [4.69, 9.17) is 0 Å². The Hall–Kier alpha value is -4.13. The van der Waals surface area contributed by atoms with Crippen molar-refractivity contribution in [2.24, 2.45) is 0 Å². The summed E-state index contributed by atoms with van der Waals surface area (Å²) in [7, 11) is 3.10. The van der Waals surface area contributed by atoms with Gasteiger partial charge in [0.25, 0.3) is 5.91 Å². The minimum atomic E-state index is -1.47. The Labute approximate surface area is 257 Å². The van der Waals surface area contributed by atoms with Gasteiger partial charge in [0.2, 0.25) is 35.2 Å². The number of hydrogen-bond donors (Lipinski definition) is 4. The van der Waals surface area contributed by atoms with Gasteiger partial charge in [-0.3, -0.25) is 38.5 Å². The molecule has 0 bridgehead atoms. The summed E-state index contributed by atoms with van der Waals surface area (Å²) in [6, 6.07) is 1.21. The van der Waals surface area contributed by atoms with Gasteiger partial charge in [0.15, 0.2) is 0 Å². The second-order valence-corrected chi connectivity index (χ2v) is 12.0. The zero-order chi connectivity index (χ0) is 33.1. The van der Waals surface area contributed by atoms with E-state index >= 15 is 0 Å². The number of anilines is 1. The monoisotopic (exact) mass is 612 g/mol. The van der Waals surface area contributed by atoms with Crippen LogP contribution >= 0.6 is 0 Å². The third-order valence-corrected chi connectivity index (χ3v) is 8.38. The molecule has 2 aliphatic heterocycles. The van der Waals surface area contributed by atoms with Gasteiger partial charge in [0, 0.05) is 19.9 Å². The van der Waals surface area contributed by atoms with Crippen molar-refractivity contribution in [2.45, 2.75) is 103 Å². The van der Waals surface area contributed by atoms with Crippen LogP contribution in [0.2, 0.25) is 0 Å². The van der Waals surface area contributed by atoms with Crippen LogP contribution in [0.5, 0.6) is 0 Å². The Bertz CT molecular complexity index is 1360. The van der Waals surface area contributed by atoms with E-state index in [9.17, 15) is 33.6 Å². The van der Waals surface area contributed by atoms with E-state index in [1.807, 2.05) is 18.2 Å². The summed E-state index contributed by atoms with van der Waals surface area (Å²) >= 11 is 0. The summed E-state index contributed by atoms with van der Waals surface area (Å²) in [5.74, 6) is -3.83. The topological polar surface area (TPSA) is 174 Å². The number of rotatable bonds is 12. The van der Waals surface area contributed by atoms with E-state index in [2.05, 4.69) is 21.3 Å². The summed E-state index contributed by atoms with van der Waals surface area (Å²) < 4.78 is 0. The predicted molar refractivity (Wildman–Crippen MR) is 163 cm³/mol. The van der Waals surface area contributed by atoms with E-state index in [-0.39, 0.29) is 25.2 Å². The maximum absolute atomic E-state index is 14.1. The zero-order valence-corrected chi connectivity index (χ0v) is 26.7. The van der Waals surface area contributed by atoms with Gasteiger partial charge in [-0.05, 0) is 65.6 Å². The number of amides is 5. The van der Waals surface area contributed by atoms with Crippen molar-refractivity contribution in [3.8, 4) is 0 Å². The molecule has 13 heteroatoms.